The van der Waals surface area contributed by atoms with Gasteiger partial charge in [0.25, 0.3) is 0 Å². The van der Waals surface area contributed by atoms with Crippen LogP contribution in [0.25, 0.3) is 22.6 Å². The molecular weight excluding hydrogens is 528 g/mol. The lowest BCUT2D eigenvalue weighted by Gasteiger charge is -2.32. The van der Waals surface area contributed by atoms with Gasteiger partial charge in [-0.15, -0.1) is 8.78 Å². The van der Waals surface area contributed by atoms with Gasteiger partial charge in [0.05, 0.1) is 10.5 Å². The summed E-state index contributed by atoms with van der Waals surface area (Å²) >= 11 is 6.40. The van der Waals surface area contributed by atoms with Gasteiger partial charge in [-0.25, -0.2) is 23.4 Å². The molecule has 0 saturated carbocycles. The molecule has 1 saturated heterocycles. The number of alkyl halides is 2. The van der Waals surface area contributed by atoms with Gasteiger partial charge in [-0.05, 0) is 56.2 Å². The molecule has 1 aromatic carbocycles. The number of aromatic nitrogens is 4. The van der Waals surface area contributed by atoms with Gasteiger partial charge in [-0.1, -0.05) is 11.6 Å². The van der Waals surface area contributed by atoms with Crippen molar-refractivity contribution in [1.82, 2.24) is 23.8 Å². The second kappa shape index (κ2) is 8.61. The van der Waals surface area contributed by atoms with Crippen molar-refractivity contribution in [3.63, 3.8) is 0 Å². The van der Waals surface area contributed by atoms with Gasteiger partial charge in [0.2, 0.25) is 10.0 Å². The van der Waals surface area contributed by atoms with E-state index in [2.05, 4.69) is 14.5 Å². The Balaban J connectivity index is 1.30. The highest BCUT2D eigenvalue weighted by Gasteiger charge is 2.44. The summed E-state index contributed by atoms with van der Waals surface area (Å²) in [4.78, 5) is 13.5. The van der Waals surface area contributed by atoms with Crippen molar-refractivity contribution in [1.29, 1.82) is 0 Å². The SMILES string of the molecule is Cc1ccc2nc(-c3cccnc3Cl)n(C3CCN(S(=O)(=O)c4ccc5c(c4)OC(F)(F)O5)CC3)c2n1. The lowest BCUT2D eigenvalue weighted by Crippen LogP contribution is -2.39. The molecule has 1 fully saturated rings. The minimum absolute atomic E-state index is 0.104. The lowest BCUT2D eigenvalue weighted by atomic mass is 10.1. The maximum absolute atomic E-state index is 13.4. The normalized spacial score (nSPS) is 17.9. The Labute approximate surface area is 215 Å². The fraction of sp³-hybridized carbons (Fsp3) is 0.292. The standard InChI is InChI=1S/C24H20ClF2N5O4S/c1-14-4-6-18-23(29-14)32(22(30-18)17-3-2-10-28-21(17)25)15-8-11-31(12-9-15)37(33,34)16-5-7-19-20(13-16)36-24(26,27)35-19/h2-7,10,13,15H,8-9,11-12H2,1H3. The van der Waals surface area contributed by atoms with Crippen LogP contribution in [0.3, 0.4) is 0 Å². The molecule has 0 radical (unpaired) electrons. The number of hydrogen-bond donors (Lipinski definition) is 0. The lowest BCUT2D eigenvalue weighted by molar-refractivity contribution is -0.286. The number of halogens is 3. The molecule has 0 amide bonds. The molecule has 0 unspecified atom stereocenters. The summed E-state index contributed by atoms with van der Waals surface area (Å²) in [5.74, 6) is 0.0912. The van der Waals surface area contributed by atoms with Crippen LogP contribution in [0.2, 0.25) is 5.15 Å². The third-order valence-corrected chi connectivity index (χ3v) is 8.67. The highest BCUT2D eigenvalue weighted by atomic mass is 35.5. The van der Waals surface area contributed by atoms with Crippen molar-refractivity contribution in [2.24, 2.45) is 0 Å². The summed E-state index contributed by atoms with van der Waals surface area (Å²) in [6.45, 7) is 2.32. The number of sulfonamides is 1. The van der Waals surface area contributed by atoms with Crippen LogP contribution in [-0.4, -0.2) is 51.6 Å². The van der Waals surface area contributed by atoms with Crippen LogP contribution < -0.4 is 9.47 Å². The summed E-state index contributed by atoms with van der Waals surface area (Å²) in [7, 11) is -3.95. The molecule has 0 aliphatic carbocycles. The van der Waals surface area contributed by atoms with E-state index in [4.69, 9.17) is 21.6 Å². The molecular formula is C24H20ClF2N5O4S. The Morgan fingerprint density at radius 2 is 1.81 bits per heavy atom. The molecule has 0 atom stereocenters. The number of fused-ring (bicyclic) bond motifs is 2. The number of nitrogens with zero attached hydrogens (tertiary/aromatic N) is 5. The topological polar surface area (TPSA) is 99.4 Å². The molecule has 192 valence electrons. The molecule has 5 heterocycles. The van der Waals surface area contributed by atoms with Crippen LogP contribution in [-0.2, 0) is 10.0 Å². The molecule has 37 heavy (non-hydrogen) atoms. The van der Waals surface area contributed by atoms with E-state index in [1.54, 1.807) is 12.3 Å². The third-order valence-electron chi connectivity index (χ3n) is 6.48. The number of hydrogen-bond acceptors (Lipinski definition) is 7. The van der Waals surface area contributed by atoms with E-state index >= 15 is 0 Å². The third kappa shape index (κ3) is 4.18. The zero-order valence-corrected chi connectivity index (χ0v) is 21.0. The van der Waals surface area contributed by atoms with Crippen LogP contribution >= 0.6 is 11.6 Å². The molecule has 4 aromatic rings. The smallest absolute Gasteiger partial charge is 0.395 e. The van der Waals surface area contributed by atoms with Crippen molar-refractivity contribution in [2.45, 2.75) is 37.0 Å². The molecule has 0 bridgehead atoms. The van der Waals surface area contributed by atoms with Crippen LogP contribution in [0.1, 0.15) is 24.6 Å². The Hall–Kier alpha value is -3.35. The fourth-order valence-electron chi connectivity index (χ4n) is 4.74. The molecule has 2 aliphatic heterocycles. The Morgan fingerprint density at radius 3 is 2.57 bits per heavy atom. The molecule has 9 nitrogen and oxygen atoms in total. The Bertz CT molecular complexity index is 1640. The zero-order valence-electron chi connectivity index (χ0n) is 19.4. The van der Waals surface area contributed by atoms with Crippen molar-refractivity contribution < 1.29 is 26.7 Å². The minimum Gasteiger partial charge on any atom is -0.395 e. The number of ether oxygens (including phenoxy) is 2. The van der Waals surface area contributed by atoms with E-state index < -0.39 is 16.3 Å². The molecule has 6 rings (SSSR count). The summed E-state index contributed by atoms with van der Waals surface area (Å²) in [6, 6.07) is 10.8. The first-order chi connectivity index (χ1) is 17.6. The van der Waals surface area contributed by atoms with Gasteiger partial charge < -0.3 is 14.0 Å². The predicted octanol–water partition coefficient (Wildman–Crippen LogP) is 4.80. The monoisotopic (exact) mass is 547 g/mol. The van der Waals surface area contributed by atoms with E-state index in [1.165, 1.54) is 16.4 Å². The van der Waals surface area contributed by atoms with Crippen molar-refractivity contribution in [3.8, 4) is 22.9 Å². The summed E-state index contributed by atoms with van der Waals surface area (Å²) in [6.07, 6.45) is -1.26. The Kier molecular flexibility index (Phi) is 5.58. The molecule has 13 heteroatoms. The fourth-order valence-corrected chi connectivity index (χ4v) is 6.43. The van der Waals surface area contributed by atoms with Gasteiger partial charge in [0.15, 0.2) is 17.1 Å². The summed E-state index contributed by atoms with van der Waals surface area (Å²) in [5.41, 5.74) is 2.87. The largest absolute Gasteiger partial charge is 0.586 e. The summed E-state index contributed by atoms with van der Waals surface area (Å²) < 4.78 is 65.6. The highest BCUT2D eigenvalue weighted by Crippen LogP contribution is 2.43. The average Bonchev–Trinajstić information content (AvgIpc) is 3.39. The van der Waals surface area contributed by atoms with Crippen LogP contribution in [0, 0.1) is 6.92 Å². The maximum atomic E-state index is 13.4. The number of aryl methyl sites for hydroxylation is 1. The van der Waals surface area contributed by atoms with E-state index in [9.17, 15) is 17.2 Å². The predicted molar refractivity (Wildman–Crippen MR) is 130 cm³/mol. The highest BCUT2D eigenvalue weighted by molar-refractivity contribution is 7.89. The van der Waals surface area contributed by atoms with Crippen LogP contribution in [0.5, 0.6) is 11.5 Å². The zero-order chi connectivity index (χ0) is 25.9. The van der Waals surface area contributed by atoms with Gasteiger partial charge in [-0.2, -0.15) is 4.31 Å². The number of rotatable bonds is 4. The van der Waals surface area contributed by atoms with E-state index in [-0.39, 0.29) is 35.5 Å². The quantitative estimate of drug-likeness (QED) is 0.338. The minimum atomic E-state index is -3.95. The van der Waals surface area contributed by atoms with E-state index in [0.717, 1.165) is 11.8 Å². The van der Waals surface area contributed by atoms with Gasteiger partial charge in [0.1, 0.15) is 16.5 Å². The van der Waals surface area contributed by atoms with E-state index in [1.807, 2.05) is 29.7 Å². The molecule has 0 spiro atoms. The first-order valence-electron chi connectivity index (χ1n) is 11.5. The average molecular weight is 548 g/mol. The molecule has 3 aromatic heterocycles. The first-order valence-corrected chi connectivity index (χ1v) is 13.3. The van der Waals surface area contributed by atoms with Crippen LogP contribution in [0.15, 0.2) is 53.6 Å². The summed E-state index contributed by atoms with van der Waals surface area (Å²) in [5, 5.41) is 0.309. The van der Waals surface area contributed by atoms with Crippen molar-refractivity contribution in [2.75, 3.05) is 13.1 Å². The van der Waals surface area contributed by atoms with Gasteiger partial charge in [0, 0.05) is 37.1 Å². The van der Waals surface area contributed by atoms with Gasteiger partial charge in [-0.3, -0.25) is 0 Å². The van der Waals surface area contributed by atoms with Crippen molar-refractivity contribution >= 4 is 32.8 Å². The second-order valence-electron chi connectivity index (χ2n) is 8.85. The number of piperidine rings is 1. The first kappa shape index (κ1) is 24.0. The molecule has 2 aliphatic rings. The van der Waals surface area contributed by atoms with Crippen LogP contribution in [0.4, 0.5) is 8.78 Å². The molecule has 0 N–H and O–H groups in total. The van der Waals surface area contributed by atoms with Gasteiger partial charge >= 0.3 is 6.29 Å². The Morgan fingerprint density at radius 1 is 1.05 bits per heavy atom. The maximum Gasteiger partial charge on any atom is 0.586 e. The van der Waals surface area contributed by atoms with Crippen molar-refractivity contribution in [3.05, 3.63) is 59.5 Å². The number of benzene rings is 1. The van der Waals surface area contributed by atoms with E-state index in [0.29, 0.717) is 40.5 Å². The number of imidazole rings is 1. The second-order valence-corrected chi connectivity index (χ2v) is 11.1. The number of pyridine rings is 2.